The summed E-state index contributed by atoms with van der Waals surface area (Å²) in [5, 5.41) is 0. The highest BCUT2D eigenvalue weighted by Gasteiger charge is 2.41. The molecule has 1 heterocycles. The van der Waals surface area contributed by atoms with Gasteiger partial charge in [0.05, 0.1) is 5.57 Å². The summed E-state index contributed by atoms with van der Waals surface area (Å²) in [6.07, 6.45) is 1.43. The summed E-state index contributed by atoms with van der Waals surface area (Å²) in [5.41, 5.74) is 0.397. The Morgan fingerprint density at radius 3 is 2.47 bits per heavy atom. The molecular formula is C13H18O4. The fourth-order valence-corrected chi connectivity index (χ4v) is 2.01. The molecule has 0 saturated carbocycles. The minimum absolute atomic E-state index is 0.185. The van der Waals surface area contributed by atoms with Crippen LogP contribution in [0.5, 0.6) is 0 Å². The molecular weight excluding hydrogens is 220 g/mol. The highest BCUT2D eigenvalue weighted by molar-refractivity contribution is 5.93. The van der Waals surface area contributed by atoms with Gasteiger partial charge in [-0.25, -0.2) is 4.79 Å². The predicted octanol–water partition coefficient (Wildman–Crippen LogP) is 2.21. The van der Waals surface area contributed by atoms with Crippen molar-refractivity contribution in [3.63, 3.8) is 0 Å². The van der Waals surface area contributed by atoms with Gasteiger partial charge in [0.2, 0.25) is 0 Å². The van der Waals surface area contributed by atoms with Gasteiger partial charge in [-0.05, 0) is 12.8 Å². The Labute approximate surface area is 101 Å². The minimum Gasteiger partial charge on any atom is -0.458 e. The van der Waals surface area contributed by atoms with Crippen LogP contribution >= 0.6 is 0 Å². The number of esters is 2. The maximum Gasteiger partial charge on any atom is 0.338 e. The maximum atomic E-state index is 11.8. The normalized spacial score (nSPS) is 26.8. The van der Waals surface area contributed by atoms with Gasteiger partial charge in [-0.3, -0.25) is 4.79 Å². The van der Waals surface area contributed by atoms with Crippen LogP contribution in [0.2, 0.25) is 0 Å². The second-order valence-corrected chi connectivity index (χ2v) is 4.44. The average molecular weight is 238 g/mol. The van der Waals surface area contributed by atoms with Crippen LogP contribution in [-0.4, -0.2) is 18.0 Å². The fourth-order valence-electron chi connectivity index (χ4n) is 2.01. The molecule has 1 saturated heterocycles. The highest BCUT2D eigenvalue weighted by Crippen LogP contribution is 2.35. The van der Waals surface area contributed by atoms with E-state index in [9.17, 15) is 9.59 Å². The monoisotopic (exact) mass is 238 g/mol. The number of cyclic esters (lactones) is 1. The molecule has 4 nitrogen and oxygen atoms in total. The van der Waals surface area contributed by atoms with E-state index >= 15 is 0 Å². The Morgan fingerprint density at radius 2 is 2.06 bits per heavy atom. The van der Waals surface area contributed by atoms with Crippen LogP contribution in [0.15, 0.2) is 24.0 Å². The number of hydrogen-bond acceptors (Lipinski definition) is 4. The Balaban J connectivity index is 3.10. The highest BCUT2D eigenvalue weighted by atomic mass is 16.6. The lowest BCUT2D eigenvalue weighted by molar-refractivity contribution is -0.140. The number of ether oxygens (including phenoxy) is 2. The standard InChI is InChI=1S/C13H18O4/c1-6-10-11(8(4)16-9(5)14)13(15)17-12(10)7(2)3/h6-7,10,12H,1H2,2-5H3/b11-8-/t10-,12-/m0/s1. The van der Waals surface area contributed by atoms with Gasteiger partial charge in [0.15, 0.2) is 0 Å². The fraction of sp³-hybridized carbons (Fsp3) is 0.538. The zero-order valence-corrected chi connectivity index (χ0v) is 10.6. The van der Waals surface area contributed by atoms with E-state index in [1.165, 1.54) is 6.92 Å². The topological polar surface area (TPSA) is 52.6 Å². The number of hydrogen-bond donors (Lipinski definition) is 0. The Kier molecular flexibility index (Phi) is 4.10. The van der Waals surface area contributed by atoms with Gasteiger partial charge in [-0.15, -0.1) is 6.58 Å². The summed E-state index contributed by atoms with van der Waals surface area (Å²) in [6.45, 7) is 10.5. The van der Waals surface area contributed by atoms with Gasteiger partial charge in [0, 0.05) is 12.8 Å². The molecule has 1 fully saturated rings. The summed E-state index contributed by atoms with van der Waals surface area (Å²) in [6, 6.07) is 0. The number of carbonyl (C=O) groups excluding carboxylic acids is 2. The largest absolute Gasteiger partial charge is 0.458 e. The molecule has 0 aliphatic carbocycles. The van der Waals surface area contributed by atoms with Gasteiger partial charge < -0.3 is 9.47 Å². The summed E-state index contributed by atoms with van der Waals surface area (Å²) in [7, 11) is 0. The predicted molar refractivity (Wildman–Crippen MR) is 62.9 cm³/mol. The zero-order valence-electron chi connectivity index (χ0n) is 10.6. The van der Waals surface area contributed by atoms with Gasteiger partial charge in [-0.1, -0.05) is 19.9 Å². The summed E-state index contributed by atoms with van der Waals surface area (Å²) in [5.74, 6) is -0.604. The number of allylic oxidation sites excluding steroid dienone is 1. The Hall–Kier alpha value is -1.58. The zero-order chi connectivity index (χ0) is 13.2. The molecule has 0 radical (unpaired) electrons. The van der Waals surface area contributed by atoms with Crippen molar-refractivity contribution in [1.29, 1.82) is 0 Å². The van der Waals surface area contributed by atoms with Crippen LogP contribution in [0.25, 0.3) is 0 Å². The lowest BCUT2D eigenvalue weighted by atomic mass is 9.89. The molecule has 0 spiro atoms. The maximum absolute atomic E-state index is 11.8. The first-order valence-corrected chi connectivity index (χ1v) is 5.61. The van der Waals surface area contributed by atoms with E-state index in [4.69, 9.17) is 9.47 Å². The van der Waals surface area contributed by atoms with E-state index in [1.807, 2.05) is 13.8 Å². The molecule has 1 rings (SSSR count). The summed E-state index contributed by atoms with van der Waals surface area (Å²) < 4.78 is 10.2. The van der Waals surface area contributed by atoms with Crippen molar-refractivity contribution in [2.45, 2.75) is 33.8 Å². The van der Waals surface area contributed by atoms with Crippen LogP contribution in [0.3, 0.4) is 0 Å². The smallest absolute Gasteiger partial charge is 0.338 e. The van der Waals surface area contributed by atoms with E-state index in [1.54, 1.807) is 13.0 Å². The van der Waals surface area contributed by atoms with Crippen molar-refractivity contribution in [2.24, 2.45) is 11.8 Å². The molecule has 0 aromatic heterocycles. The quantitative estimate of drug-likeness (QED) is 0.327. The van der Waals surface area contributed by atoms with E-state index in [0.717, 1.165) is 0 Å². The molecule has 0 unspecified atom stereocenters. The van der Waals surface area contributed by atoms with Gasteiger partial charge in [0.25, 0.3) is 0 Å². The Morgan fingerprint density at radius 1 is 1.47 bits per heavy atom. The molecule has 1 aliphatic heterocycles. The lowest BCUT2D eigenvalue weighted by Gasteiger charge is -2.18. The molecule has 0 aromatic rings. The average Bonchev–Trinajstić information content (AvgIpc) is 2.54. The first-order chi connectivity index (χ1) is 7.88. The second kappa shape index (κ2) is 5.17. The van der Waals surface area contributed by atoms with Crippen LogP contribution in [-0.2, 0) is 19.1 Å². The minimum atomic E-state index is -0.446. The lowest BCUT2D eigenvalue weighted by Crippen LogP contribution is -2.21. The van der Waals surface area contributed by atoms with Crippen molar-refractivity contribution >= 4 is 11.9 Å². The van der Waals surface area contributed by atoms with Crippen LogP contribution in [0.1, 0.15) is 27.7 Å². The van der Waals surface area contributed by atoms with E-state index < -0.39 is 11.9 Å². The van der Waals surface area contributed by atoms with E-state index in [2.05, 4.69) is 6.58 Å². The first-order valence-electron chi connectivity index (χ1n) is 5.61. The molecule has 0 aromatic carbocycles. The van der Waals surface area contributed by atoms with E-state index in [-0.39, 0.29) is 17.9 Å². The molecule has 0 amide bonds. The third-order valence-electron chi connectivity index (χ3n) is 2.74. The number of rotatable bonds is 3. The second-order valence-electron chi connectivity index (χ2n) is 4.44. The SMILES string of the molecule is C=C[C@H]1/C(=C(\C)OC(C)=O)C(=O)O[C@H]1C(C)C. The molecule has 0 N–H and O–H groups in total. The molecule has 4 heteroatoms. The summed E-state index contributed by atoms with van der Waals surface area (Å²) in [4.78, 5) is 22.7. The first kappa shape index (κ1) is 13.5. The molecule has 0 bridgehead atoms. The van der Waals surface area contributed by atoms with Crippen molar-refractivity contribution in [3.8, 4) is 0 Å². The van der Waals surface area contributed by atoms with Crippen molar-refractivity contribution < 1.29 is 19.1 Å². The molecule has 1 aliphatic rings. The molecule has 94 valence electrons. The van der Waals surface area contributed by atoms with Crippen LogP contribution in [0, 0.1) is 11.8 Å². The number of carbonyl (C=O) groups is 2. The third kappa shape index (κ3) is 2.75. The Bertz CT molecular complexity index is 379. The van der Waals surface area contributed by atoms with Crippen LogP contribution < -0.4 is 0 Å². The van der Waals surface area contributed by atoms with Gasteiger partial charge >= 0.3 is 11.9 Å². The van der Waals surface area contributed by atoms with Gasteiger partial charge in [-0.2, -0.15) is 0 Å². The van der Waals surface area contributed by atoms with E-state index in [0.29, 0.717) is 11.3 Å². The van der Waals surface area contributed by atoms with Gasteiger partial charge in [0.1, 0.15) is 11.9 Å². The van der Waals surface area contributed by atoms with Crippen molar-refractivity contribution in [1.82, 2.24) is 0 Å². The van der Waals surface area contributed by atoms with Crippen LogP contribution in [0.4, 0.5) is 0 Å². The molecule has 2 atom stereocenters. The van der Waals surface area contributed by atoms with Crippen molar-refractivity contribution in [2.75, 3.05) is 0 Å². The third-order valence-corrected chi connectivity index (χ3v) is 2.74. The molecule has 17 heavy (non-hydrogen) atoms. The van der Waals surface area contributed by atoms with Crippen molar-refractivity contribution in [3.05, 3.63) is 24.0 Å². The summed E-state index contributed by atoms with van der Waals surface area (Å²) >= 11 is 0.